The number of fused-ring (bicyclic) bond motifs is 1. The van der Waals surface area contributed by atoms with E-state index in [9.17, 15) is 0 Å². The predicted molar refractivity (Wildman–Crippen MR) is 78.9 cm³/mol. The van der Waals surface area contributed by atoms with E-state index in [1.54, 1.807) is 0 Å². The third-order valence-electron chi connectivity index (χ3n) is 4.41. The molecule has 1 aromatic rings. The Balaban J connectivity index is 1.50. The summed E-state index contributed by atoms with van der Waals surface area (Å²) in [6.07, 6.45) is 0. The number of hydrogen-bond donors (Lipinski definition) is 1. The third kappa shape index (κ3) is 2.91. The molecule has 1 saturated heterocycles. The van der Waals surface area contributed by atoms with Gasteiger partial charge < -0.3 is 10.6 Å². The van der Waals surface area contributed by atoms with Crippen molar-refractivity contribution in [1.29, 1.82) is 0 Å². The minimum atomic E-state index is 0.958. The van der Waals surface area contributed by atoms with Crippen molar-refractivity contribution in [2.45, 2.75) is 13.1 Å². The average molecular weight is 260 g/mol. The lowest BCUT2D eigenvalue weighted by Gasteiger charge is -2.33. The zero-order chi connectivity index (χ0) is 13.2. The van der Waals surface area contributed by atoms with Gasteiger partial charge in [0.25, 0.3) is 0 Å². The molecule has 0 radical (unpaired) electrons. The fraction of sp³-hybridized carbons (Fsp3) is 0.600. The van der Waals surface area contributed by atoms with Gasteiger partial charge in [0.2, 0.25) is 0 Å². The lowest BCUT2D eigenvalue weighted by Crippen LogP contribution is -2.46. The number of nitrogens with zero attached hydrogens (tertiary/aromatic N) is 3. The van der Waals surface area contributed by atoms with Gasteiger partial charge in [0.15, 0.2) is 0 Å². The van der Waals surface area contributed by atoms with E-state index in [4.69, 9.17) is 5.73 Å². The molecule has 0 amide bonds. The molecule has 2 heterocycles. The van der Waals surface area contributed by atoms with Crippen LogP contribution in [0.4, 0.5) is 5.69 Å². The van der Waals surface area contributed by atoms with Gasteiger partial charge in [-0.2, -0.15) is 0 Å². The second-order valence-electron chi connectivity index (χ2n) is 5.84. The van der Waals surface area contributed by atoms with Crippen molar-refractivity contribution in [3.05, 3.63) is 29.3 Å². The number of nitrogen functional groups attached to an aromatic ring is 1. The Hall–Kier alpha value is -1.10. The molecule has 1 fully saturated rings. The van der Waals surface area contributed by atoms with Crippen LogP contribution in [0.25, 0.3) is 0 Å². The molecule has 104 valence electrons. The molecule has 2 aliphatic rings. The molecular formula is C15H24N4. The van der Waals surface area contributed by atoms with Gasteiger partial charge in [-0.15, -0.1) is 0 Å². The fourth-order valence-electron chi connectivity index (χ4n) is 3.03. The van der Waals surface area contributed by atoms with Crippen LogP contribution in [0, 0.1) is 0 Å². The highest BCUT2D eigenvalue weighted by atomic mass is 15.3. The molecule has 3 rings (SSSR count). The van der Waals surface area contributed by atoms with Crippen LogP contribution in [0.5, 0.6) is 0 Å². The van der Waals surface area contributed by atoms with E-state index in [0.29, 0.717) is 0 Å². The first-order chi connectivity index (χ1) is 9.22. The highest BCUT2D eigenvalue weighted by Gasteiger charge is 2.21. The molecule has 0 saturated carbocycles. The summed E-state index contributed by atoms with van der Waals surface area (Å²) in [7, 11) is 2.21. The summed E-state index contributed by atoms with van der Waals surface area (Å²) in [6.45, 7) is 9.24. The number of piperazine rings is 1. The molecular weight excluding hydrogens is 236 g/mol. The van der Waals surface area contributed by atoms with Crippen LogP contribution in [0.1, 0.15) is 11.1 Å². The first-order valence-electron chi connectivity index (χ1n) is 7.22. The first kappa shape index (κ1) is 12.9. The van der Waals surface area contributed by atoms with E-state index in [2.05, 4.69) is 33.9 Å². The maximum atomic E-state index is 6.05. The average Bonchev–Trinajstić information content (AvgIpc) is 2.83. The quantitative estimate of drug-likeness (QED) is 0.817. The molecule has 0 aromatic heterocycles. The minimum Gasteiger partial charge on any atom is -0.398 e. The lowest BCUT2D eigenvalue weighted by molar-refractivity contribution is 0.135. The molecule has 4 heteroatoms. The zero-order valence-corrected chi connectivity index (χ0v) is 11.8. The van der Waals surface area contributed by atoms with Crippen LogP contribution in [0.2, 0.25) is 0 Å². The molecule has 0 atom stereocenters. The predicted octanol–water partition coefficient (Wildman–Crippen LogP) is 0.832. The van der Waals surface area contributed by atoms with E-state index in [1.165, 1.54) is 43.9 Å². The molecule has 1 aromatic carbocycles. The summed E-state index contributed by atoms with van der Waals surface area (Å²) < 4.78 is 0. The Bertz CT molecular complexity index is 438. The second-order valence-corrected chi connectivity index (χ2v) is 5.84. The molecule has 2 N–H and O–H groups in total. The van der Waals surface area contributed by atoms with E-state index < -0.39 is 0 Å². The Kier molecular flexibility index (Phi) is 3.73. The number of rotatable bonds is 3. The van der Waals surface area contributed by atoms with Crippen LogP contribution in [-0.2, 0) is 13.1 Å². The topological polar surface area (TPSA) is 35.7 Å². The summed E-state index contributed by atoms with van der Waals surface area (Å²) in [4.78, 5) is 7.49. The van der Waals surface area contributed by atoms with E-state index >= 15 is 0 Å². The van der Waals surface area contributed by atoms with Crippen molar-refractivity contribution in [3.8, 4) is 0 Å². The minimum absolute atomic E-state index is 0.958. The van der Waals surface area contributed by atoms with Gasteiger partial charge in [-0.05, 0) is 24.2 Å². The van der Waals surface area contributed by atoms with E-state index in [0.717, 1.165) is 25.3 Å². The maximum Gasteiger partial charge on any atom is 0.0363 e. The van der Waals surface area contributed by atoms with Crippen molar-refractivity contribution in [3.63, 3.8) is 0 Å². The van der Waals surface area contributed by atoms with Gasteiger partial charge in [0, 0.05) is 58.0 Å². The van der Waals surface area contributed by atoms with Crippen molar-refractivity contribution >= 4 is 5.69 Å². The number of hydrogen-bond acceptors (Lipinski definition) is 4. The lowest BCUT2D eigenvalue weighted by atomic mass is 10.1. The second kappa shape index (κ2) is 5.49. The number of nitrogens with two attached hydrogens (primary N) is 1. The number of anilines is 1. The molecule has 0 aliphatic carbocycles. The summed E-state index contributed by atoms with van der Waals surface area (Å²) in [5.41, 5.74) is 9.77. The summed E-state index contributed by atoms with van der Waals surface area (Å²) in [6, 6.07) is 6.29. The van der Waals surface area contributed by atoms with Crippen LogP contribution in [-0.4, -0.2) is 61.0 Å². The van der Waals surface area contributed by atoms with Crippen LogP contribution in [0.15, 0.2) is 18.2 Å². The summed E-state index contributed by atoms with van der Waals surface area (Å²) >= 11 is 0. The van der Waals surface area contributed by atoms with Gasteiger partial charge in [-0.3, -0.25) is 9.80 Å². The van der Waals surface area contributed by atoms with E-state index in [-0.39, 0.29) is 0 Å². The molecule has 0 spiro atoms. The van der Waals surface area contributed by atoms with Gasteiger partial charge in [0.1, 0.15) is 0 Å². The van der Waals surface area contributed by atoms with Crippen LogP contribution in [0.3, 0.4) is 0 Å². The monoisotopic (exact) mass is 260 g/mol. The molecule has 0 bridgehead atoms. The molecule has 2 aliphatic heterocycles. The molecule has 19 heavy (non-hydrogen) atoms. The van der Waals surface area contributed by atoms with Crippen molar-refractivity contribution in [1.82, 2.24) is 14.7 Å². The largest absolute Gasteiger partial charge is 0.398 e. The maximum absolute atomic E-state index is 6.05. The van der Waals surface area contributed by atoms with Gasteiger partial charge in [-0.25, -0.2) is 0 Å². The van der Waals surface area contributed by atoms with Crippen molar-refractivity contribution in [2.75, 3.05) is 52.0 Å². The Morgan fingerprint density at radius 2 is 1.74 bits per heavy atom. The number of likely N-dealkylation sites (N-methyl/N-ethyl adjacent to an activating group) is 1. The number of benzene rings is 1. The molecule has 0 unspecified atom stereocenters. The SMILES string of the molecule is CN1CCN(CCN2Cc3cccc(N)c3C2)CC1. The van der Waals surface area contributed by atoms with E-state index in [1.807, 2.05) is 6.07 Å². The standard InChI is InChI=1S/C15H24N4/c1-17-5-7-18(8-6-17)9-10-19-11-13-3-2-4-15(16)14(13)12-19/h2-4H,5-12,16H2,1H3. The third-order valence-corrected chi connectivity index (χ3v) is 4.41. The summed E-state index contributed by atoms with van der Waals surface area (Å²) in [5, 5.41) is 0. The van der Waals surface area contributed by atoms with Crippen molar-refractivity contribution in [2.24, 2.45) is 0 Å². The van der Waals surface area contributed by atoms with Gasteiger partial charge in [0.05, 0.1) is 0 Å². The Morgan fingerprint density at radius 3 is 2.47 bits per heavy atom. The zero-order valence-electron chi connectivity index (χ0n) is 11.8. The first-order valence-corrected chi connectivity index (χ1v) is 7.22. The highest BCUT2D eigenvalue weighted by Crippen LogP contribution is 2.27. The Morgan fingerprint density at radius 1 is 1.00 bits per heavy atom. The van der Waals surface area contributed by atoms with Crippen LogP contribution < -0.4 is 5.73 Å². The highest BCUT2D eigenvalue weighted by molar-refractivity contribution is 5.52. The van der Waals surface area contributed by atoms with Crippen LogP contribution >= 0.6 is 0 Å². The van der Waals surface area contributed by atoms with Gasteiger partial charge in [-0.1, -0.05) is 12.1 Å². The van der Waals surface area contributed by atoms with Gasteiger partial charge >= 0.3 is 0 Å². The fourth-order valence-corrected chi connectivity index (χ4v) is 3.03. The Labute approximate surface area is 115 Å². The van der Waals surface area contributed by atoms with Crippen molar-refractivity contribution < 1.29 is 0 Å². The summed E-state index contributed by atoms with van der Waals surface area (Å²) in [5.74, 6) is 0. The smallest absolute Gasteiger partial charge is 0.0363 e. The molecule has 4 nitrogen and oxygen atoms in total. The normalized spacial score (nSPS) is 21.7.